The van der Waals surface area contributed by atoms with Gasteiger partial charge in [0.25, 0.3) is 0 Å². The van der Waals surface area contributed by atoms with Crippen molar-refractivity contribution in [3.05, 3.63) is 29.6 Å². The Labute approximate surface area is 230 Å². The summed E-state index contributed by atoms with van der Waals surface area (Å²) in [6.45, 7) is 11.9. The second-order valence-electron chi connectivity index (χ2n) is 11.9. The van der Waals surface area contributed by atoms with Crippen LogP contribution < -0.4 is 21.1 Å². The van der Waals surface area contributed by atoms with Gasteiger partial charge in [-0.25, -0.2) is 14.8 Å². The van der Waals surface area contributed by atoms with Crippen LogP contribution in [-0.4, -0.2) is 52.9 Å². The number of esters is 1. The number of carbonyl (C=O) groups is 2. The first-order chi connectivity index (χ1) is 18.4. The van der Waals surface area contributed by atoms with Crippen LogP contribution in [-0.2, 0) is 26.1 Å². The molecule has 10 nitrogen and oxygen atoms in total. The summed E-state index contributed by atoms with van der Waals surface area (Å²) in [5, 5.41) is 6.28. The third-order valence-corrected chi connectivity index (χ3v) is 7.11. The van der Waals surface area contributed by atoms with Crippen molar-refractivity contribution in [2.45, 2.75) is 96.8 Å². The maximum absolute atomic E-state index is 12.3. The standard InChI is InChI=1S/C29H41N5O5/c1-7-37-22(35)15-31-24-20-14-29(5,6)23-25(32-16-33-26(23)30)19(20)12-13-21(24)38-18-10-8-17(9-11-18)34-27(36)39-28(2,3)4/h12-13,16-18,31H,7-11,14-15H2,1-6H3,(H,34,36)(H2,30,32,33). The number of anilines is 2. The Morgan fingerprint density at radius 2 is 1.85 bits per heavy atom. The van der Waals surface area contributed by atoms with E-state index in [0.717, 1.165) is 53.8 Å². The molecule has 4 rings (SSSR count). The Bertz CT molecular complexity index is 1220. The zero-order chi connectivity index (χ0) is 28.4. The number of ether oxygens (including phenoxy) is 3. The van der Waals surface area contributed by atoms with Gasteiger partial charge in [-0.05, 0) is 82.9 Å². The lowest BCUT2D eigenvalue weighted by Gasteiger charge is -2.36. The van der Waals surface area contributed by atoms with Gasteiger partial charge in [-0.15, -0.1) is 0 Å². The van der Waals surface area contributed by atoms with Gasteiger partial charge in [0.2, 0.25) is 0 Å². The molecular formula is C29H41N5O5. The number of hydrogen-bond acceptors (Lipinski definition) is 9. The van der Waals surface area contributed by atoms with Gasteiger partial charge < -0.3 is 30.6 Å². The van der Waals surface area contributed by atoms with Crippen molar-refractivity contribution in [2.75, 3.05) is 24.2 Å². The molecule has 0 radical (unpaired) electrons. The SMILES string of the molecule is CCOC(=O)CNc1c(OC2CCC(NC(=O)OC(C)(C)C)CC2)ccc2c1CC(C)(C)c1c(N)ncnc1-2. The van der Waals surface area contributed by atoms with E-state index in [-0.39, 0.29) is 36.2 Å². The van der Waals surface area contributed by atoms with Gasteiger partial charge in [0.1, 0.15) is 30.0 Å². The van der Waals surface area contributed by atoms with Crippen LogP contribution in [0.3, 0.4) is 0 Å². The van der Waals surface area contributed by atoms with Gasteiger partial charge in [-0.3, -0.25) is 4.79 Å². The maximum Gasteiger partial charge on any atom is 0.407 e. The van der Waals surface area contributed by atoms with E-state index in [1.54, 1.807) is 6.92 Å². The Morgan fingerprint density at radius 1 is 1.13 bits per heavy atom. The fourth-order valence-electron chi connectivity index (χ4n) is 5.48. The number of aromatic nitrogens is 2. The number of nitrogens with zero attached hydrogens (tertiary/aromatic N) is 2. The van der Waals surface area contributed by atoms with Crippen LogP contribution in [0.2, 0.25) is 0 Å². The minimum atomic E-state index is -0.531. The molecule has 2 aromatic rings. The molecule has 0 spiro atoms. The molecule has 0 bridgehead atoms. The molecule has 0 saturated heterocycles. The maximum atomic E-state index is 12.3. The number of nitrogen functional groups attached to an aromatic ring is 1. The molecular weight excluding hydrogens is 498 g/mol. The highest BCUT2D eigenvalue weighted by Crippen LogP contribution is 2.48. The summed E-state index contributed by atoms with van der Waals surface area (Å²) in [4.78, 5) is 33.3. The molecule has 4 N–H and O–H groups in total. The summed E-state index contributed by atoms with van der Waals surface area (Å²) in [6.07, 6.45) is 4.89. The normalized spacial score (nSPS) is 19.7. The van der Waals surface area contributed by atoms with Crippen molar-refractivity contribution in [1.29, 1.82) is 0 Å². The highest BCUT2D eigenvalue weighted by atomic mass is 16.6. The van der Waals surface area contributed by atoms with E-state index in [2.05, 4.69) is 34.4 Å². The van der Waals surface area contributed by atoms with Crippen LogP contribution in [0, 0.1) is 0 Å². The molecule has 1 saturated carbocycles. The van der Waals surface area contributed by atoms with Crippen molar-refractivity contribution in [3.8, 4) is 17.0 Å². The lowest BCUT2D eigenvalue weighted by Crippen LogP contribution is -2.42. The predicted molar refractivity (Wildman–Crippen MR) is 150 cm³/mol. The first kappa shape index (κ1) is 28.4. The Morgan fingerprint density at radius 3 is 2.51 bits per heavy atom. The molecule has 0 aliphatic heterocycles. The molecule has 1 fully saturated rings. The van der Waals surface area contributed by atoms with Crippen LogP contribution in [0.15, 0.2) is 18.5 Å². The number of benzene rings is 1. The van der Waals surface area contributed by atoms with E-state index in [9.17, 15) is 9.59 Å². The van der Waals surface area contributed by atoms with Gasteiger partial charge in [-0.2, -0.15) is 0 Å². The van der Waals surface area contributed by atoms with Crippen LogP contribution in [0.25, 0.3) is 11.3 Å². The van der Waals surface area contributed by atoms with Crippen molar-refractivity contribution in [2.24, 2.45) is 0 Å². The molecule has 0 unspecified atom stereocenters. The van der Waals surface area contributed by atoms with E-state index in [1.165, 1.54) is 6.33 Å². The van der Waals surface area contributed by atoms with E-state index in [0.29, 0.717) is 24.6 Å². The zero-order valence-electron chi connectivity index (χ0n) is 23.8. The molecule has 39 heavy (non-hydrogen) atoms. The smallest absolute Gasteiger partial charge is 0.407 e. The Hall–Kier alpha value is -3.56. The first-order valence-corrected chi connectivity index (χ1v) is 13.7. The Balaban J connectivity index is 1.56. The average molecular weight is 540 g/mol. The quantitative estimate of drug-likeness (QED) is 0.426. The van der Waals surface area contributed by atoms with E-state index in [4.69, 9.17) is 19.9 Å². The minimum Gasteiger partial charge on any atom is -0.488 e. The fourth-order valence-corrected chi connectivity index (χ4v) is 5.48. The lowest BCUT2D eigenvalue weighted by molar-refractivity contribution is -0.140. The van der Waals surface area contributed by atoms with Crippen molar-refractivity contribution < 1.29 is 23.8 Å². The van der Waals surface area contributed by atoms with Crippen molar-refractivity contribution >= 4 is 23.6 Å². The summed E-state index contributed by atoms with van der Waals surface area (Å²) in [7, 11) is 0. The monoisotopic (exact) mass is 539 g/mol. The van der Waals surface area contributed by atoms with Gasteiger partial charge in [0.05, 0.1) is 24.1 Å². The lowest BCUT2D eigenvalue weighted by atomic mass is 9.71. The molecule has 1 aromatic carbocycles. The van der Waals surface area contributed by atoms with Crippen LogP contribution in [0.5, 0.6) is 5.75 Å². The molecule has 0 atom stereocenters. The number of hydrogen-bond donors (Lipinski definition) is 3. The van der Waals surface area contributed by atoms with Crippen LogP contribution in [0.4, 0.5) is 16.3 Å². The van der Waals surface area contributed by atoms with Gasteiger partial charge >= 0.3 is 12.1 Å². The van der Waals surface area contributed by atoms with Gasteiger partial charge in [0, 0.05) is 17.2 Å². The summed E-state index contributed by atoms with van der Waals surface area (Å²) in [6, 6.07) is 3.99. The van der Waals surface area contributed by atoms with Gasteiger partial charge in [-0.1, -0.05) is 13.8 Å². The van der Waals surface area contributed by atoms with Crippen LogP contribution >= 0.6 is 0 Å². The highest BCUT2D eigenvalue weighted by Gasteiger charge is 2.37. The summed E-state index contributed by atoms with van der Waals surface area (Å²) in [5.41, 5.74) is 9.89. The third kappa shape index (κ3) is 6.72. The molecule has 212 valence electrons. The summed E-state index contributed by atoms with van der Waals surface area (Å²) in [5.74, 6) is 0.827. The topological polar surface area (TPSA) is 138 Å². The van der Waals surface area contributed by atoms with Crippen molar-refractivity contribution in [1.82, 2.24) is 15.3 Å². The second kappa shape index (κ2) is 11.3. The van der Waals surface area contributed by atoms with E-state index in [1.807, 2.05) is 32.9 Å². The molecule has 2 aliphatic rings. The molecule has 1 heterocycles. The number of amides is 1. The number of fused-ring (bicyclic) bond motifs is 3. The molecule has 1 aromatic heterocycles. The molecule has 1 amide bonds. The highest BCUT2D eigenvalue weighted by molar-refractivity contribution is 5.84. The number of nitrogens with one attached hydrogen (secondary N) is 2. The number of nitrogens with two attached hydrogens (primary N) is 1. The summed E-state index contributed by atoms with van der Waals surface area (Å²) < 4.78 is 17.1. The second-order valence-corrected chi connectivity index (χ2v) is 11.9. The largest absolute Gasteiger partial charge is 0.488 e. The van der Waals surface area contributed by atoms with E-state index >= 15 is 0 Å². The summed E-state index contributed by atoms with van der Waals surface area (Å²) >= 11 is 0. The average Bonchev–Trinajstić information content (AvgIpc) is 2.83. The van der Waals surface area contributed by atoms with Crippen molar-refractivity contribution in [3.63, 3.8) is 0 Å². The van der Waals surface area contributed by atoms with Crippen LogP contribution in [0.1, 0.15) is 78.4 Å². The number of rotatable bonds is 7. The first-order valence-electron chi connectivity index (χ1n) is 13.7. The number of carbonyl (C=O) groups excluding carboxylic acids is 2. The van der Waals surface area contributed by atoms with Gasteiger partial charge in [0.15, 0.2) is 0 Å². The minimum absolute atomic E-state index is 0.0202. The predicted octanol–water partition coefficient (Wildman–Crippen LogP) is 4.75. The van der Waals surface area contributed by atoms with E-state index < -0.39 is 5.60 Å². The Kier molecular flexibility index (Phi) is 8.23. The fraction of sp³-hybridized carbons (Fsp3) is 0.586. The third-order valence-electron chi connectivity index (χ3n) is 7.11. The molecule has 10 heteroatoms. The number of alkyl carbamates (subject to hydrolysis) is 1. The molecule has 2 aliphatic carbocycles. The zero-order valence-corrected chi connectivity index (χ0v) is 23.8.